The van der Waals surface area contributed by atoms with Crippen LogP contribution in [0, 0.1) is 0 Å². The van der Waals surface area contributed by atoms with Crippen LogP contribution in [0.1, 0.15) is 0 Å². The Labute approximate surface area is 127 Å². The fourth-order valence-electron chi connectivity index (χ4n) is 1.63. The van der Waals surface area contributed by atoms with Crippen LogP contribution in [0.4, 0.5) is 5.69 Å². The highest BCUT2D eigenvalue weighted by molar-refractivity contribution is 7.92. The minimum atomic E-state index is -3.74. The standard InChI is InChI=1S/C13H13ClN2O4S/c1-19-11-5-3-9(7-12(11)20-2)16-21(17,18)10-4-6-13(14)15-8-10/h3-8,16H,1-2H3. The lowest BCUT2D eigenvalue weighted by Crippen LogP contribution is -2.13. The summed E-state index contributed by atoms with van der Waals surface area (Å²) in [5.74, 6) is 0.931. The van der Waals surface area contributed by atoms with Gasteiger partial charge in [-0.15, -0.1) is 0 Å². The maximum absolute atomic E-state index is 12.2. The maximum Gasteiger partial charge on any atom is 0.263 e. The highest BCUT2D eigenvalue weighted by atomic mass is 35.5. The third-order valence-corrected chi connectivity index (χ3v) is 4.24. The number of nitrogens with zero attached hydrogens (tertiary/aromatic N) is 1. The molecule has 0 aliphatic rings. The zero-order valence-electron chi connectivity index (χ0n) is 11.3. The zero-order chi connectivity index (χ0) is 15.5. The van der Waals surface area contributed by atoms with Crippen molar-refractivity contribution < 1.29 is 17.9 Å². The summed E-state index contributed by atoms with van der Waals surface area (Å²) in [7, 11) is -0.770. The van der Waals surface area contributed by atoms with Crippen LogP contribution >= 0.6 is 11.6 Å². The molecule has 0 aliphatic heterocycles. The molecule has 1 heterocycles. The number of hydrogen-bond donors (Lipinski definition) is 1. The van der Waals surface area contributed by atoms with E-state index < -0.39 is 10.0 Å². The van der Waals surface area contributed by atoms with Crippen molar-refractivity contribution in [1.29, 1.82) is 0 Å². The quantitative estimate of drug-likeness (QED) is 0.853. The number of nitrogens with one attached hydrogen (secondary N) is 1. The summed E-state index contributed by atoms with van der Waals surface area (Å²) in [5.41, 5.74) is 0.350. The Kier molecular flexibility index (Phi) is 4.54. The largest absolute Gasteiger partial charge is 0.493 e. The first kappa shape index (κ1) is 15.4. The number of pyridine rings is 1. The molecule has 0 radical (unpaired) electrons. The highest BCUT2D eigenvalue weighted by Gasteiger charge is 2.15. The molecule has 0 aliphatic carbocycles. The molecule has 21 heavy (non-hydrogen) atoms. The van der Waals surface area contributed by atoms with E-state index in [1.54, 1.807) is 12.1 Å². The van der Waals surface area contributed by atoms with Gasteiger partial charge in [0.25, 0.3) is 10.0 Å². The number of anilines is 1. The lowest BCUT2D eigenvalue weighted by molar-refractivity contribution is 0.355. The van der Waals surface area contributed by atoms with Crippen molar-refractivity contribution in [2.75, 3.05) is 18.9 Å². The molecule has 112 valence electrons. The molecular formula is C13H13ClN2O4S. The number of rotatable bonds is 5. The average Bonchev–Trinajstić information content (AvgIpc) is 2.47. The van der Waals surface area contributed by atoms with Crippen LogP contribution in [0.2, 0.25) is 5.15 Å². The molecule has 0 bridgehead atoms. The first-order valence-electron chi connectivity index (χ1n) is 5.82. The smallest absolute Gasteiger partial charge is 0.263 e. The summed E-state index contributed by atoms with van der Waals surface area (Å²) < 4.78 is 37.1. The Hall–Kier alpha value is -1.99. The number of halogens is 1. The van der Waals surface area contributed by atoms with E-state index in [1.807, 2.05) is 0 Å². The molecule has 1 aromatic heterocycles. The molecule has 0 saturated heterocycles. The number of aromatic nitrogens is 1. The SMILES string of the molecule is COc1ccc(NS(=O)(=O)c2ccc(Cl)nc2)cc1OC. The van der Waals surface area contributed by atoms with Gasteiger partial charge in [-0.1, -0.05) is 11.6 Å². The summed E-state index contributed by atoms with van der Waals surface area (Å²) in [6, 6.07) is 7.49. The minimum Gasteiger partial charge on any atom is -0.493 e. The van der Waals surface area contributed by atoms with Gasteiger partial charge in [0.15, 0.2) is 11.5 Å². The van der Waals surface area contributed by atoms with E-state index in [1.165, 1.54) is 38.6 Å². The minimum absolute atomic E-state index is 0.0154. The van der Waals surface area contributed by atoms with Crippen molar-refractivity contribution in [3.63, 3.8) is 0 Å². The van der Waals surface area contributed by atoms with Crippen LogP contribution in [-0.4, -0.2) is 27.6 Å². The van der Waals surface area contributed by atoms with Crippen LogP contribution in [0.15, 0.2) is 41.4 Å². The topological polar surface area (TPSA) is 77.5 Å². The van der Waals surface area contributed by atoms with Gasteiger partial charge < -0.3 is 9.47 Å². The second-order valence-electron chi connectivity index (χ2n) is 3.99. The fourth-order valence-corrected chi connectivity index (χ4v) is 2.74. The van der Waals surface area contributed by atoms with Gasteiger partial charge in [0.1, 0.15) is 10.0 Å². The van der Waals surface area contributed by atoms with Crippen LogP contribution < -0.4 is 14.2 Å². The van der Waals surface area contributed by atoms with E-state index in [2.05, 4.69) is 9.71 Å². The van der Waals surface area contributed by atoms with Crippen molar-refractivity contribution in [1.82, 2.24) is 4.98 Å². The van der Waals surface area contributed by atoms with E-state index in [0.29, 0.717) is 17.2 Å². The number of methoxy groups -OCH3 is 2. The number of sulfonamides is 1. The van der Waals surface area contributed by atoms with E-state index in [-0.39, 0.29) is 10.0 Å². The normalized spacial score (nSPS) is 11.0. The molecule has 1 N–H and O–H groups in total. The summed E-state index contributed by atoms with van der Waals surface area (Å²) in [5, 5.41) is 0.222. The van der Waals surface area contributed by atoms with Crippen LogP contribution in [0.3, 0.4) is 0 Å². The molecule has 2 rings (SSSR count). The molecule has 0 saturated carbocycles. The number of ether oxygens (including phenoxy) is 2. The Balaban J connectivity index is 2.30. The van der Waals surface area contributed by atoms with Gasteiger partial charge >= 0.3 is 0 Å². The van der Waals surface area contributed by atoms with E-state index in [0.717, 1.165) is 0 Å². The van der Waals surface area contributed by atoms with Gasteiger partial charge in [0, 0.05) is 12.3 Å². The predicted octanol–water partition coefficient (Wildman–Crippen LogP) is 2.55. The van der Waals surface area contributed by atoms with Gasteiger partial charge in [-0.25, -0.2) is 13.4 Å². The van der Waals surface area contributed by atoms with Gasteiger partial charge in [0.05, 0.1) is 19.9 Å². The number of hydrogen-bond acceptors (Lipinski definition) is 5. The molecule has 1 aromatic carbocycles. The molecule has 6 nitrogen and oxygen atoms in total. The van der Waals surface area contributed by atoms with Crippen molar-refractivity contribution in [3.05, 3.63) is 41.7 Å². The lowest BCUT2D eigenvalue weighted by atomic mass is 10.3. The molecule has 0 fully saturated rings. The zero-order valence-corrected chi connectivity index (χ0v) is 12.9. The van der Waals surface area contributed by atoms with E-state index in [4.69, 9.17) is 21.1 Å². The fraction of sp³-hybridized carbons (Fsp3) is 0.154. The second kappa shape index (κ2) is 6.19. The summed E-state index contributed by atoms with van der Waals surface area (Å²) in [6.07, 6.45) is 1.19. The van der Waals surface area contributed by atoms with Gasteiger partial charge in [-0.05, 0) is 24.3 Å². The number of benzene rings is 1. The van der Waals surface area contributed by atoms with Crippen molar-refractivity contribution in [2.45, 2.75) is 4.90 Å². The molecule has 0 atom stereocenters. The van der Waals surface area contributed by atoms with Gasteiger partial charge in [-0.3, -0.25) is 4.72 Å². The van der Waals surface area contributed by atoms with Crippen molar-refractivity contribution in [2.24, 2.45) is 0 Å². The summed E-state index contributed by atoms with van der Waals surface area (Å²) >= 11 is 5.64. The Bertz CT molecular complexity index is 732. The summed E-state index contributed by atoms with van der Waals surface area (Å²) in [6.45, 7) is 0. The Morgan fingerprint density at radius 3 is 2.38 bits per heavy atom. The molecule has 8 heteroatoms. The third kappa shape index (κ3) is 3.56. The van der Waals surface area contributed by atoms with E-state index in [9.17, 15) is 8.42 Å². The van der Waals surface area contributed by atoms with Gasteiger partial charge in [-0.2, -0.15) is 0 Å². The van der Waals surface area contributed by atoms with Gasteiger partial charge in [0.2, 0.25) is 0 Å². The van der Waals surface area contributed by atoms with Crippen LogP contribution in [0.25, 0.3) is 0 Å². The molecule has 2 aromatic rings. The van der Waals surface area contributed by atoms with Crippen LogP contribution in [-0.2, 0) is 10.0 Å². The second-order valence-corrected chi connectivity index (χ2v) is 6.06. The predicted molar refractivity (Wildman–Crippen MR) is 79.6 cm³/mol. The average molecular weight is 329 g/mol. The Morgan fingerprint density at radius 2 is 1.81 bits per heavy atom. The maximum atomic E-state index is 12.2. The molecule has 0 spiro atoms. The Morgan fingerprint density at radius 1 is 1.10 bits per heavy atom. The van der Waals surface area contributed by atoms with Crippen LogP contribution in [0.5, 0.6) is 11.5 Å². The third-order valence-electron chi connectivity index (χ3n) is 2.65. The molecular weight excluding hydrogens is 316 g/mol. The summed E-state index contributed by atoms with van der Waals surface area (Å²) in [4.78, 5) is 3.77. The lowest BCUT2D eigenvalue weighted by Gasteiger charge is -2.11. The molecule has 0 unspecified atom stereocenters. The highest BCUT2D eigenvalue weighted by Crippen LogP contribution is 2.30. The monoisotopic (exact) mass is 328 g/mol. The first-order valence-corrected chi connectivity index (χ1v) is 7.69. The molecule has 0 amide bonds. The van der Waals surface area contributed by atoms with E-state index >= 15 is 0 Å². The van der Waals surface area contributed by atoms with Crippen molar-refractivity contribution >= 4 is 27.3 Å². The first-order chi connectivity index (χ1) is 9.96. The van der Waals surface area contributed by atoms with Crippen molar-refractivity contribution in [3.8, 4) is 11.5 Å².